The van der Waals surface area contributed by atoms with Crippen molar-refractivity contribution >= 4 is 15.7 Å². The van der Waals surface area contributed by atoms with Gasteiger partial charge in [-0.05, 0) is 30.5 Å². The van der Waals surface area contributed by atoms with Gasteiger partial charge in [-0.25, -0.2) is 17.8 Å². The third kappa shape index (κ3) is 4.65. The Labute approximate surface area is 186 Å². The molecule has 1 saturated carbocycles. The molecule has 1 aliphatic carbocycles. The van der Waals surface area contributed by atoms with Gasteiger partial charge >= 0.3 is 0 Å². The van der Waals surface area contributed by atoms with Gasteiger partial charge in [0.2, 0.25) is 15.0 Å². The number of halogens is 1. The molecule has 166 valence electrons. The Morgan fingerprint density at radius 1 is 1.16 bits per heavy atom. The molecule has 0 aliphatic heterocycles. The zero-order valence-electron chi connectivity index (χ0n) is 17.5. The predicted molar refractivity (Wildman–Crippen MR) is 119 cm³/mol. The van der Waals surface area contributed by atoms with Crippen molar-refractivity contribution in [1.29, 1.82) is 0 Å². The number of allylic oxidation sites excluding steroid dienone is 1. The number of imidazole rings is 1. The standard InChI is InChI=1S/C24H24FN3O3S/c1-2-14-27-20(15-26-24(27)32(30,31)17-18-8-4-3-5-9-18)16-28(19-12-13-19)23(29)21-10-6-7-11-22(21)25/h2-11,15,19H,1,12-14,16-17H2. The molecule has 0 bridgehead atoms. The van der Waals surface area contributed by atoms with E-state index in [1.54, 1.807) is 45.9 Å². The Balaban J connectivity index is 1.65. The molecule has 1 aliphatic rings. The summed E-state index contributed by atoms with van der Waals surface area (Å²) in [5.41, 5.74) is 1.23. The zero-order chi connectivity index (χ0) is 22.7. The van der Waals surface area contributed by atoms with E-state index < -0.39 is 21.6 Å². The van der Waals surface area contributed by atoms with Crippen LogP contribution in [0.3, 0.4) is 0 Å². The van der Waals surface area contributed by atoms with Gasteiger partial charge in [-0.2, -0.15) is 0 Å². The first kappa shape index (κ1) is 22.0. The molecule has 0 atom stereocenters. The largest absolute Gasteiger partial charge is 0.330 e. The minimum Gasteiger partial charge on any atom is -0.330 e. The van der Waals surface area contributed by atoms with Crippen LogP contribution in [0.2, 0.25) is 0 Å². The van der Waals surface area contributed by atoms with Gasteiger partial charge in [-0.1, -0.05) is 48.5 Å². The first-order valence-electron chi connectivity index (χ1n) is 10.4. The fourth-order valence-corrected chi connectivity index (χ4v) is 5.17. The normalized spacial score (nSPS) is 13.7. The van der Waals surface area contributed by atoms with E-state index in [1.165, 1.54) is 24.4 Å². The summed E-state index contributed by atoms with van der Waals surface area (Å²) in [5.74, 6) is -1.17. The number of hydrogen-bond donors (Lipinski definition) is 0. The summed E-state index contributed by atoms with van der Waals surface area (Å²) >= 11 is 0. The molecule has 1 fully saturated rings. The summed E-state index contributed by atoms with van der Waals surface area (Å²) in [5, 5.41) is -0.0645. The van der Waals surface area contributed by atoms with Crippen LogP contribution in [0.1, 0.15) is 34.5 Å². The van der Waals surface area contributed by atoms with E-state index >= 15 is 0 Å². The number of aromatic nitrogens is 2. The van der Waals surface area contributed by atoms with Gasteiger partial charge in [0.05, 0.1) is 29.8 Å². The maximum absolute atomic E-state index is 14.2. The molecule has 4 rings (SSSR count). The summed E-state index contributed by atoms with van der Waals surface area (Å²) in [7, 11) is -3.72. The van der Waals surface area contributed by atoms with Crippen molar-refractivity contribution in [1.82, 2.24) is 14.5 Å². The molecule has 0 unspecified atom stereocenters. The van der Waals surface area contributed by atoms with Crippen LogP contribution in [0.15, 0.2) is 78.6 Å². The highest BCUT2D eigenvalue weighted by atomic mass is 32.2. The Morgan fingerprint density at radius 3 is 2.50 bits per heavy atom. The second-order valence-electron chi connectivity index (χ2n) is 7.82. The fourth-order valence-electron chi connectivity index (χ4n) is 3.67. The lowest BCUT2D eigenvalue weighted by molar-refractivity contribution is 0.0721. The Morgan fingerprint density at radius 2 is 1.84 bits per heavy atom. The lowest BCUT2D eigenvalue weighted by Crippen LogP contribution is -2.34. The van der Waals surface area contributed by atoms with Gasteiger partial charge in [0.1, 0.15) is 5.82 Å². The molecule has 1 heterocycles. The minimum atomic E-state index is -3.72. The van der Waals surface area contributed by atoms with Crippen molar-refractivity contribution in [2.24, 2.45) is 0 Å². The monoisotopic (exact) mass is 453 g/mol. The summed E-state index contributed by atoms with van der Waals surface area (Å²) in [6.45, 7) is 4.10. The highest BCUT2D eigenvalue weighted by molar-refractivity contribution is 7.90. The number of sulfone groups is 1. The number of amides is 1. The Kier molecular flexibility index (Phi) is 6.23. The molecule has 0 radical (unpaired) electrons. The van der Waals surface area contributed by atoms with Gasteiger partial charge in [-0.15, -0.1) is 6.58 Å². The highest BCUT2D eigenvalue weighted by Crippen LogP contribution is 2.31. The first-order chi connectivity index (χ1) is 15.4. The van der Waals surface area contributed by atoms with Crippen LogP contribution in [-0.4, -0.2) is 34.8 Å². The van der Waals surface area contributed by atoms with E-state index in [9.17, 15) is 17.6 Å². The maximum atomic E-state index is 14.2. The second-order valence-corrected chi connectivity index (χ2v) is 9.70. The zero-order valence-corrected chi connectivity index (χ0v) is 18.3. The van der Waals surface area contributed by atoms with Gasteiger partial charge in [0, 0.05) is 12.6 Å². The Hall–Kier alpha value is -3.26. The molecular weight excluding hydrogens is 429 g/mol. The molecule has 0 N–H and O–H groups in total. The number of rotatable bonds is 9. The van der Waals surface area contributed by atoms with Gasteiger partial charge < -0.3 is 9.47 Å². The minimum absolute atomic E-state index is 0.00133. The van der Waals surface area contributed by atoms with Crippen LogP contribution in [0.4, 0.5) is 4.39 Å². The predicted octanol–water partition coefficient (Wildman–Crippen LogP) is 3.99. The number of nitrogens with zero attached hydrogens (tertiary/aromatic N) is 3. The van der Waals surface area contributed by atoms with Crippen LogP contribution in [0.25, 0.3) is 0 Å². The molecular formula is C24H24FN3O3S. The number of carbonyl (C=O) groups is 1. The van der Waals surface area contributed by atoms with E-state index in [0.717, 1.165) is 12.8 Å². The van der Waals surface area contributed by atoms with Gasteiger partial charge in [0.15, 0.2) is 0 Å². The van der Waals surface area contributed by atoms with E-state index in [1.807, 2.05) is 6.07 Å². The summed E-state index contributed by atoms with van der Waals surface area (Å²) < 4.78 is 42.0. The molecule has 6 nitrogen and oxygen atoms in total. The third-order valence-electron chi connectivity index (χ3n) is 5.38. The van der Waals surface area contributed by atoms with E-state index in [0.29, 0.717) is 11.3 Å². The van der Waals surface area contributed by atoms with Crippen LogP contribution in [0, 0.1) is 5.82 Å². The van der Waals surface area contributed by atoms with E-state index in [2.05, 4.69) is 11.6 Å². The highest BCUT2D eigenvalue weighted by Gasteiger charge is 2.35. The first-order valence-corrected chi connectivity index (χ1v) is 12.0. The van der Waals surface area contributed by atoms with Gasteiger partial charge in [-0.3, -0.25) is 4.79 Å². The quantitative estimate of drug-likeness (QED) is 0.460. The molecule has 1 aromatic heterocycles. The van der Waals surface area contributed by atoms with E-state index in [4.69, 9.17) is 0 Å². The average Bonchev–Trinajstić information content (AvgIpc) is 3.53. The number of carbonyl (C=O) groups excluding carboxylic acids is 1. The van der Waals surface area contributed by atoms with E-state index in [-0.39, 0.29) is 35.6 Å². The second kappa shape index (κ2) is 9.08. The smallest absolute Gasteiger partial charge is 0.257 e. The van der Waals surface area contributed by atoms with Crippen molar-refractivity contribution in [3.8, 4) is 0 Å². The van der Waals surface area contributed by atoms with Crippen molar-refractivity contribution in [3.05, 3.63) is 96.1 Å². The lowest BCUT2D eigenvalue weighted by atomic mass is 10.1. The van der Waals surface area contributed by atoms with Crippen LogP contribution in [0.5, 0.6) is 0 Å². The molecule has 1 amide bonds. The van der Waals surface area contributed by atoms with Crippen molar-refractivity contribution < 1.29 is 17.6 Å². The molecule has 0 saturated heterocycles. The molecule has 3 aromatic rings. The summed E-state index contributed by atoms with van der Waals surface area (Å²) in [6, 6.07) is 14.8. The molecule has 32 heavy (non-hydrogen) atoms. The number of benzene rings is 2. The topological polar surface area (TPSA) is 72.3 Å². The maximum Gasteiger partial charge on any atom is 0.257 e. The molecule has 8 heteroatoms. The van der Waals surface area contributed by atoms with Crippen LogP contribution >= 0.6 is 0 Å². The number of hydrogen-bond acceptors (Lipinski definition) is 4. The van der Waals surface area contributed by atoms with Crippen LogP contribution < -0.4 is 0 Å². The molecule has 2 aromatic carbocycles. The summed E-state index contributed by atoms with van der Waals surface area (Å²) in [4.78, 5) is 18.9. The molecule has 0 spiro atoms. The average molecular weight is 454 g/mol. The lowest BCUT2D eigenvalue weighted by Gasteiger charge is -2.23. The fraction of sp³-hybridized carbons (Fsp3) is 0.250. The van der Waals surface area contributed by atoms with Crippen molar-refractivity contribution in [2.75, 3.05) is 0 Å². The SMILES string of the molecule is C=CCn1c(CN(C(=O)c2ccccc2F)C2CC2)cnc1S(=O)(=O)Cc1ccccc1. The van der Waals surface area contributed by atoms with Gasteiger partial charge in [0.25, 0.3) is 5.91 Å². The third-order valence-corrected chi connectivity index (χ3v) is 6.97. The Bertz CT molecular complexity index is 1230. The van der Waals surface area contributed by atoms with Crippen molar-refractivity contribution in [2.45, 2.75) is 42.9 Å². The van der Waals surface area contributed by atoms with Crippen molar-refractivity contribution in [3.63, 3.8) is 0 Å². The van der Waals surface area contributed by atoms with Crippen LogP contribution in [-0.2, 0) is 28.7 Å². The summed E-state index contributed by atoms with van der Waals surface area (Å²) in [6.07, 6.45) is 4.72.